The molecule has 0 radical (unpaired) electrons. The molecule has 0 saturated heterocycles. The van der Waals surface area contributed by atoms with E-state index in [1.54, 1.807) is 12.1 Å². The van der Waals surface area contributed by atoms with Gasteiger partial charge in [0.1, 0.15) is 11.6 Å². The molecule has 6 nitrogen and oxygen atoms in total. The molecule has 0 amide bonds. The van der Waals surface area contributed by atoms with Crippen molar-refractivity contribution in [2.24, 2.45) is 0 Å². The molecule has 1 aromatic carbocycles. The SMILES string of the molecule is O=c1[nH]cccc1-c1noc(COc2ccc(F)cc2)n1. The predicted molar refractivity (Wildman–Crippen MR) is 71.1 cm³/mol. The highest BCUT2D eigenvalue weighted by Crippen LogP contribution is 2.14. The summed E-state index contributed by atoms with van der Waals surface area (Å²) in [6.07, 6.45) is 1.52. The van der Waals surface area contributed by atoms with Crippen LogP contribution < -0.4 is 10.3 Å². The summed E-state index contributed by atoms with van der Waals surface area (Å²) in [5.74, 6) is 0.548. The number of aromatic nitrogens is 3. The topological polar surface area (TPSA) is 81.0 Å². The zero-order valence-electron chi connectivity index (χ0n) is 10.7. The number of ether oxygens (including phenoxy) is 1. The summed E-state index contributed by atoms with van der Waals surface area (Å²) in [6.45, 7) is 0.0311. The summed E-state index contributed by atoms with van der Waals surface area (Å²) >= 11 is 0. The molecule has 0 spiro atoms. The minimum Gasteiger partial charge on any atom is -0.484 e. The Bertz CT molecular complexity index is 795. The zero-order chi connectivity index (χ0) is 14.7. The lowest BCUT2D eigenvalue weighted by atomic mass is 10.3. The monoisotopic (exact) mass is 287 g/mol. The molecule has 2 heterocycles. The van der Waals surface area contributed by atoms with E-state index in [1.807, 2.05) is 0 Å². The van der Waals surface area contributed by atoms with E-state index in [9.17, 15) is 9.18 Å². The molecule has 21 heavy (non-hydrogen) atoms. The summed E-state index contributed by atoms with van der Waals surface area (Å²) in [5, 5.41) is 3.73. The average molecular weight is 287 g/mol. The van der Waals surface area contributed by atoms with E-state index in [1.165, 1.54) is 30.5 Å². The van der Waals surface area contributed by atoms with Crippen LogP contribution in [-0.4, -0.2) is 15.1 Å². The van der Waals surface area contributed by atoms with Gasteiger partial charge in [-0.05, 0) is 36.4 Å². The lowest BCUT2D eigenvalue weighted by Crippen LogP contribution is -2.07. The smallest absolute Gasteiger partial charge is 0.264 e. The molecule has 0 aliphatic carbocycles. The third kappa shape index (κ3) is 2.97. The first-order valence-corrected chi connectivity index (χ1v) is 6.11. The van der Waals surface area contributed by atoms with E-state index in [-0.39, 0.29) is 29.7 Å². The van der Waals surface area contributed by atoms with Crippen molar-refractivity contribution in [2.45, 2.75) is 6.61 Å². The highest BCUT2D eigenvalue weighted by molar-refractivity contribution is 5.51. The van der Waals surface area contributed by atoms with E-state index in [2.05, 4.69) is 15.1 Å². The minimum absolute atomic E-state index is 0.0311. The van der Waals surface area contributed by atoms with Gasteiger partial charge in [0.25, 0.3) is 11.4 Å². The Morgan fingerprint density at radius 3 is 2.81 bits per heavy atom. The molecule has 0 aliphatic heterocycles. The molecule has 0 bridgehead atoms. The predicted octanol–water partition coefficient (Wildman–Crippen LogP) is 2.14. The first-order valence-electron chi connectivity index (χ1n) is 6.11. The molecule has 0 atom stereocenters. The molecule has 0 unspecified atom stereocenters. The van der Waals surface area contributed by atoms with Gasteiger partial charge >= 0.3 is 0 Å². The molecule has 0 aliphatic rings. The summed E-state index contributed by atoms with van der Waals surface area (Å²) < 4.78 is 23.1. The highest BCUT2D eigenvalue weighted by atomic mass is 19.1. The molecule has 1 N–H and O–H groups in total. The molecule has 106 valence electrons. The van der Waals surface area contributed by atoms with Gasteiger partial charge in [-0.15, -0.1) is 0 Å². The van der Waals surface area contributed by atoms with Crippen molar-refractivity contribution in [3.63, 3.8) is 0 Å². The van der Waals surface area contributed by atoms with Crippen molar-refractivity contribution in [2.75, 3.05) is 0 Å². The number of H-pyrrole nitrogens is 1. The molecule has 0 fully saturated rings. The number of benzene rings is 1. The fourth-order valence-corrected chi connectivity index (χ4v) is 1.70. The Morgan fingerprint density at radius 2 is 2.05 bits per heavy atom. The second-order valence-electron chi connectivity index (χ2n) is 4.17. The Balaban J connectivity index is 1.72. The van der Waals surface area contributed by atoms with E-state index >= 15 is 0 Å². The number of pyridine rings is 1. The minimum atomic E-state index is -0.342. The number of nitrogens with zero attached hydrogens (tertiary/aromatic N) is 2. The molecule has 0 saturated carbocycles. The maximum atomic E-state index is 12.7. The first-order chi connectivity index (χ1) is 10.2. The third-order valence-corrected chi connectivity index (χ3v) is 2.70. The molecular formula is C14H10FN3O3. The Morgan fingerprint density at radius 1 is 1.24 bits per heavy atom. The van der Waals surface area contributed by atoms with E-state index in [4.69, 9.17) is 9.26 Å². The van der Waals surface area contributed by atoms with E-state index in [0.717, 1.165) is 0 Å². The number of hydrogen-bond donors (Lipinski definition) is 1. The summed E-state index contributed by atoms with van der Waals surface area (Å²) in [5.41, 5.74) is 0.0126. The van der Waals surface area contributed by atoms with Gasteiger partial charge in [-0.1, -0.05) is 5.16 Å². The van der Waals surface area contributed by atoms with E-state index in [0.29, 0.717) is 11.3 Å². The van der Waals surface area contributed by atoms with Gasteiger partial charge in [-0.25, -0.2) is 4.39 Å². The third-order valence-electron chi connectivity index (χ3n) is 2.70. The number of hydrogen-bond acceptors (Lipinski definition) is 5. The van der Waals surface area contributed by atoms with Crippen LogP contribution in [0.15, 0.2) is 51.9 Å². The lowest BCUT2D eigenvalue weighted by Gasteiger charge is -2.01. The second-order valence-corrected chi connectivity index (χ2v) is 4.17. The molecule has 7 heteroatoms. The van der Waals surface area contributed by atoms with Crippen LogP contribution in [0.1, 0.15) is 5.89 Å². The van der Waals surface area contributed by atoms with Gasteiger partial charge in [0.2, 0.25) is 5.82 Å². The standard InChI is InChI=1S/C14H10FN3O3/c15-9-3-5-10(6-4-9)20-8-12-17-13(18-21-12)11-2-1-7-16-14(11)19/h1-7H,8H2,(H,16,19). The maximum Gasteiger partial charge on any atom is 0.264 e. The molecule has 2 aromatic heterocycles. The lowest BCUT2D eigenvalue weighted by molar-refractivity contribution is 0.242. The van der Waals surface area contributed by atoms with Crippen LogP contribution >= 0.6 is 0 Å². The first kappa shape index (κ1) is 13.0. The van der Waals surface area contributed by atoms with Crippen LogP contribution in [-0.2, 0) is 6.61 Å². The van der Waals surface area contributed by atoms with Crippen LogP contribution in [0, 0.1) is 5.82 Å². The number of halogens is 1. The normalized spacial score (nSPS) is 10.5. The van der Waals surface area contributed by atoms with Crippen molar-refractivity contribution >= 4 is 0 Å². The van der Waals surface area contributed by atoms with Crippen molar-refractivity contribution in [1.82, 2.24) is 15.1 Å². The summed E-state index contributed by atoms with van der Waals surface area (Å²) in [7, 11) is 0. The van der Waals surface area contributed by atoms with Crippen LogP contribution in [0.4, 0.5) is 4.39 Å². The fraction of sp³-hybridized carbons (Fsp3) is 0.0714. The Labute approximate surface area is 118 Å². The van der Waals surface area contributed by atoms with Gasteiger partial charge in [0.05, 0.1) is 5.56 Å². The van der Waals surface area contributed by atoms with Crippen LogP contribution in [0.25, 0.3) is 11.4 Å². The maximum absolute atomic E-state index is 12.7. The average Bonchev–Trinajstić information content (AvgIpc) is 2.96. The summed E-state index contributed by atoms with van der Waals surface area (Å²) in [6, 6.07) is 8.83. The van der Waals surface area contributed by atoms with Crippen LogP contribution in [0.5, 0.6) is 5.75 Å². The van der Waals surface area contributed by atoms with Gasteiger partial charge in [-0.2, -0.15) is 4.98 Å². The zero-order valence-corrected chi connectivity index (χ0v) is 10.7. The van der Waals surface area contributed by atoms with Crippen molar-refractivity contribution in [3.8, 4) is 17.1 Å². The molecule has 3 aromatic rings. The molecular weight excluding hydrogens is 277 g/mol. The molecule has 3 rings (SSSR count). The summed E-state index contributed by atoms with van der Waals surface area (Å²) in [4.78, 5) is 18.2. The van der Waals surface area contributed by atoms with Crippen molar-refractivity contribution in [3.05, 3.63) is 64.7 Å². The second kappa shape index (κ2) is 5.58. The van der Waals surface area contributed by atoms with Crippen molar-refractivity contribution in [1.29, 1.82) is 0 Å². The largest absolute Gasteiger partial charge is 0.484 e. The number of nitrogens with one attached hydrogen (secondary N) is 1. The number of rotatable bonds is 4. The van der Waals surface area contributed by atoms with Gasteiger partial charge < -0.3 is 14.2 Å². The van der Waals surface area contributed by atoms with E-state index < -0.39 is 0 Å². The Hall–Kier alpha value is -2.96. The number of aromatic amines is 1. The fourth-order valence-electron chi connectivity index (χ4n) is 1.70. The quantitative estimate of drug-likeness (QED) is 0.795. The van der Waals surface area contributed by atoms with Crippen LogP contribution in [0.2, 0.25) is 0 Å². The Kier molecular flexibility index (Phi) is 3.46. The highest BCUT2D eigenvalue weighted by Gasteiger charge is 2.11. The van der Waals surface area contributed by atoms with Gasteiger partial charge in [0.15, 0.2) is 6.61 Å². The van der Waals surface area contributed by atoms with Gasteiger partial charge in [0, 0.05) is 6.20 Å². The van der Waals surface area contributed by atoms with Gasteiger partial charge in [-0.3, -0.25) is 4.79 Å². The van der Waals surface area contributed by atoms with Crippen molar-refractivity contribution < 1.29 is 13.7 Å². The van der Waals surface area contributed by atoms with Crippen LogP contribution in [0.3, 0.4) is 0 Å².